The maximum Gasteiger partial charge on any atom is 0.408 e. The fourth-order valence-electron chi connectivity index (χ4n) is 2.25. The van der Waals surface area contributed by atoms with Gasteiger partial charge in [-0.15, -0.1) is 11.3 Å². The first-order chi connectivity index (χ1) is 12.0. The molecule has 0 saturated carbocycles. The molecule has 0 bridgehead atoms. The molecule has 3 aromatic rings. The van der Waals surface area contributed by atoms with Crippen LogP contribution in [0.25, 0.3) is 10.2 Å². The molecule has 1 unspecified atom stereocenters. The Morgan fingerprint density at radius 2 is 2.12 bits per heavy atom. The van der Waals surface area contributed by atoms with Gasteiger partial charge in [0.2, 0.25) is 5.89 Å². The van der Waals surface area contributed by atoms with E-state index in [4.69, 9.17) is 9.15 Å². The predicted octanol–water partition coefficient (Wildman–Crippen LogP) is 4.31. The van der Waals surface area contributed by atoms with Gasteiger partial charge in [-0.2, -0.15) is 0 Å². The number of aryl methyl sites for hydroxylation is 1. The molecule has 1 N–H and O–H groups in total. The third-order valence-corrected chi connectivity index (χ3v) is 5.66. The molecule has 0 aliphatic heterocycles. The lowest BCUT2D eigenvalue weighted by Crippen LogP contribution is -2.28. The molecule has 130 valence electrons. The maximum atomic E-state index is 12.2. The average molecular weight is 423 g/mol. The number of fused-ring (bicyclic) bond motifs is 1. The molecule has 3 rings (SSSR count). The standard InChI is InChI=1S/C17H15BrN2O4S/c1-9-12-15(25-13(9)18)20-14(24-16(12)21)10(2)19-17(22)23-8-11-6-4-3-5-7-11/h3-7,10H,8H2,1-2H3,(H,19,22). The van der Waals surface area contributed by atoms with E-state index < -0.39 is 17.8 Å². The van der Waals surface area contributed by atoms with E-state index in [1.54, 1.807) is 6.92 Å². The molecule has 0 radical (unpaired) electrons. The summed E-state index contributed by atoms with van der Waals surface area (Å²) in [6, 6.07) is 8.76. The Labute approximate surface area is 156 Å². The Bertz CT molecular complexity index is 968. The van der Waals surface area contributed by atoms with Gasteiger partial charge >= 0.3 is 11.7 Å². The van der Waals surface area contributed by atoms with Crippen LogP contribution in [0.4, 0.5) is 4.79 Å². The van der Waals surface area contributed by atoms with Crippen molar-refractivity contribution in [3.8, 4) is 0 Å². The number of nitrogens with zero attached hydrogens (tertiary/aromatic N) is 1. The highest BCUT2D eigenvalue weighted by Gasteiger charge is 2.19. The monoisotopic (exact) mass is 422 g/mol. The molecular formula is C17H15BrN2O4S. The Morgan fingerprint density at radius 3 is 2.84 bits per heavy atom. The topological polar surface area (TPSA) is 81.4 Å². The fourth-order valence-corrected chi connectivity index (χ4v) is 3.80. The molecule has 1 amide bonds. The van der Waals surface area contributed by atoms with Gasteiger partial charge in [0.05, 0.1) is 3.79 Å². The zero-order chi connectivity index (χ0) is 18.0. The largest absolute Gasteiger partial charge is 0.445 e. The number of hydrogen-bond donors (Lipinski definition) is 1. The van der Waals surface area contributed by atoms with Crippen molar-refractivity contribution in [1.29, 1.82) is 0 Å². The number of benzene rings is 1. The van der Waals surface area contributed by atoms with Gasteiger partial charge < -0.3 is 14.5 Å². The van der Waals surface area contributed by atoms with Crippen molar-refractivity contribution in [2.75, 3.05) is 0 Å². The number of nitrogens with one attached hydrogen (secondary N) is 1. The quantitative estimate of drug-likeness (QED) is 0.677. The minimum atomic E-state index is -0.607. The van der Waals surface area contributed by atoms with Gasteiger partial charge in [-0.05, 0) is 40.9 Å². The first-order valence-corrected chi connectivity index (χ1v) is 9.13. The van der Waals surface area contributed by atoms with Crippen LogP contribution in [0.2, 0.25) is 0 Å². The highest BCUT2D eigenvalue weighted by Crippen LogP contribution is 2.32. The summed E-state index contributed by atoms with van der Waals surface area (Å²) in [5.41, 5.74) is 1.22. The Hall–Kier alpha value is -2.19. The molecule has 2 aromatic heterocycles. The van der Waals surface area contributed by atoms with E-state index in [1.165, 1.54) is 11.3 Å². The van der Waals surface area contributed by atoms with Gasteiger partial charge in [-0.3, -0.25) is 0 Å². The van der Waals surface area contributed by atoms with Crippen LogP contribution in [0.3, 0.4) is 0 Å². The Morgan fingerprint density at radius 1 is 1.40 bits per heavy atom. The van der Waals surface area contributed by atoms with Gasteiger partial charge in [0, 0.05) is 0 Å². The summed E-state index contributed by atoms with van der Waals surface area (Å²) in [4.78, 5) is 29.0. The van der Waals surface area contributed by atoms with Crippen LogP contribution < -0.4 is 10.9 Å². The number of ether oxygens (including phenoxy) is 1. The van der Waals surface area contributed by atoms with E-state index in [-0.39, 0.29) is 12.5 Å². The highest BCUT2D eigenvalue weighted by atomic mass is 79.9. The van der Waals surface area contributed by atoms with Crippen molar-refractivity contribution in [2.45, 2.75) is 26.5 Å². The lowest BCUT2D eigenvalue weighted by molar-refractivity contribution is 0.134. The number of alkyl carbamates (subject to hydrolysis) is 1. The minimum Gasteiger partial charge on any atom is -0.445 e. The van der Waals surface area contributed by atoms with Crippen molar-refractivity contribution < 1.29 is 13.9 Å². The maximum absolute atomic E-state index is 12.2. The molecule has 25 heavy (non-hydrogen) atoms. The lowest BCUT2D eigenvalue weighted by atomic mass is 10.2. The van der Waals surface area contributed by atoms with Crippen molar-refractivity contribution in [3.05, 3.63) is 61.6 Å². The van der Waals surface area contributed by atoms with E-state index >= 15 is 0 Å². The molecule has 0 aliphatic carbocycles. The molecule has 0 fully saturated rings. The Kier molecular flexibility index (Phi) is 5.19. The van der Waals surface area contributed by atoms with Crippen LogP contribution in [0, 0.1) is 6.92 Å². The van der Waals surface area contributed by atoms with E-state index in [1.807, 2.05) is 37.3 Å². The lowest BCUT2D eigenvalue weighted by Gasteiger charge is -2.12. The normalized spacial score (nSPS) is 12.1. The molecule has 6 nitrogen and oxygen atoms in total. The smallest absolute Gasteiger partial charge is 0.408 e. The first-order valence-electron chi connectivity index (χ1n) is 7.52. The van der Waals surface area contributed by atoms with Gasteiger partial charge in [0.1, 0.15) is 22.9 Å². The summed E-state index contributed by atoms with van der Waals surface area (Å²) < 4.78 is 11.3. The van der Waals surface area contributed by atoms with Crippen LogP contribution in [0.15, 0.2) is 43.3 Å². The van der Waals surface area contributed by atoms with E-state index in [0.717, 1.165) is 14.9 Å². The third kappa shape index (κ3) is 3.91. The number of halogens is 1. The van der Waals surface area contributed by atoms with Crippen molar-refractivity contribution >= 4 is 43.6 Å². The predicted molar refractivity (Wildman–Crippen MR) is 98.8 cm³/mol. The zero-order valence-electron chi connectivity index (χ0n) is 13.5. The number of hydrogen-bond acceptors (Lipinski definition) is 6. The summed E-state index contributed by atoms with van der Waals surface area (Å²) in [7, 11) is 0. The van der Waals surface area contributed by atoms with Gasteiger partial charge in [0.25, 0.3) is 0 Å². The van der Waals surface area contributed by atoms with Crippen LogP contribution in [0.1, 0.15) is 30.0 Å². The number of amides is 1. The number of aromatic nitrogens is 1. The van der Waals surface area contributed by atoms with E-state index in [2.05, 4.69) is 26.2 Å². The molecule has 8 heteroatoms. The first kappa shape index (κ1) is 17.6. The molecule has 1 atom stereocenters. The Balaban J connectivity index is 1.70. The second-order valence-corrected chi connectivity index (χ2v) is 7.77. The van der Waals surface area contributed by atoms with Gasteiger partial charge in [-0.1, -0.05) is 30.3 Å². The molecule has 0 aliphatic rings. The van der Waals surface area contributed by atoms with E-state index in [0.29, 0.717) is 10.2 Å². The van der Waals surface area contributed by atoms with Crippen LogP contribution in [-0.2, 0) is 11.3 Å². The van der Waals surface area contributed by atoms with Crippen LogP contribution in [0.5, 0.6) is 0 Å². The van der Waals surface area contributed by atoms with Crippen molar-refractivity contribution in [1.82, 2.24) is 10.3 Å². The SMILES string of the molecule is Cc1c(Br)sc2nc(C(C)NC(=O)OCc3ccccc3)oc(=O)c12. The van der Waals surface area contributed by atoms with Crippen molar-refractivity contribution in [3.63, 3.8) is 0 Å². The van der Waals surface area contributed by atoms with Crippen LogP contribution in [-0.4, -0.2) is 11.1 Å². The third-order valence-electron chi connectivity index (χ3n) is 3.60. The summed E-state index contributed by atoms with van der Waals surface area (Å²) in [6.45, 7) is 3.66. The highest BCUT2D eigenvalue weighted by molar-refractivity contribution is 9.11. The van der Waals surface area contributed by atoms with Crippen molar-refractivity contribution in [2.24, 2.45) is 0 Å². The second kappa shape index (κ2) is 7.37. The fraction of sp³-hybridized carbons (Fsp3) is 0.235. The summed E-state index contributed by atoms with van der Waals surface area (Å²) >= 11 is 4.75. The van der Waals surface area contributed by atoms with Gasteiger partial charge in [0.15, 0.2) is 0 Å². The summed E-state index contributed by atoms with van der Waals surface area (Å²) in [6.07, 6.45) is -0.607. The molecule has 1 aromatic carbocycles. The second-order valence-electron chi connectivity index (χ2n) is 5.45. The van der Waals surface area contributed by atoms with E-state index in [9.17, 15) is 9.59 Å². The van der Waals surface area contributed by atoms with Crippen LogP contribution >= 0.6 is 27.3 Å². The number of rotatable bonds is 4. The minimum absolute atomic E-state index is 0.142. The zero-order valence-corrected chi connectivity index (χ0v) is 15.9. The number of thiophene rings is 1. The summed E-state index contributed by atoms with van der Waals surface area (Å²) in [5.74, 6) is 0.142. The number of carbonyl (C=O) groups excluding carboxylic acids is 1. The molecule has 2 heterocycles. The number of carbonyl (C=O) groups is 1. The summed E-state index contributed by atoms with van der Waals surface area (Å²) in [5, 5.41) is 3.07. The van der Waals surface area contributed by atoms with Gasteiger partial charge in [-0.25, -0.2) is 14.6 Å². The molecule has 0 saturated heterocycles. The average Bonchev–Trinajstić information content (AvgIpc) is 2.88. The molecule has 0 spiro atoms. The molecular weight excluding hydrogens is 408 g/mol.